The summed E-state index contributed by atoms with van der Waals surface area (Å²) in [5.41, 5.74) is 5.35. The first-order valence-electron chi connectivity index (χ1n) is 22.6. The van der Waals surface area contributed by atoms with Crippen LogP contribution in [0.15, 0.2) is 85.1 Å². The Hall–Kier alpha value is -2.85. The Morgan fingerprint density at radius 3 is 1.49 bits per heavy atom. The molecule has 0 spiro atoms. The van der Waals surface area contributed by atoms with E-state index < -0.39 is 45.1 Å². The van der Waals surface area contributed by atoms with Crippen molar-refractivity contribution in [3.63, 3.8) is 0 Å². The van der Waals surface area contributed by atoms with Gasteiger partial charge in [0, 0.05) is 13.0 Å². The monoisotopic (exact) mass is 848 g/mol. The van der Waals surface area contributed by atoms with Gasteiger partial charge in [-0.15, -0.1) is 0 Å². The van der Waals surface area contributed by atoms with Crippen LogP contribution in [0.3, 0.4) is 0 Å². The van der Waals surface area contributed by atoms with E-state index in [1.54, 1.807) is 0 Å². The lowest BCUT2D eigenvalue weighted by Crippen LogP contribution is -2.34. The smallest absolute Gasteiger partial charge is 0.472 e. The molecular weight excluding hydrogens is 765 g/mol. The summed E-state index contributed by atoms with van der Waals surface area (Å²) >= 11 is 0. The van der Waals surface area contributed by atoms with E-state index in [0.29, 0.717) is 13.0 Å². The zero-order valence-corrected chi connectivity index (χ0v) is 37.7. The molecule has 3 unspecified atom stereocenters. The number of phosphoric ester groups is 1. The molecule has 0 aliphatic carbocycles. The molecule has 4 N–H and O–H groups in total. The lowest BCUT2D eigenvalue weighted by molar-refractivity contribution is -0.154. The number of carboxylic acid groups (broad SMARTS) is 1. The normalized spacial score (nSPS) is 14.6. The topological polar surface area (TPSA) is 155 Å². The molecule has 0 fully saturated rings. The van der Waals surface area contributed by atoms with Gasteiger partial charge in [0.05, 0.1) is 19.8 Å². The second-order valence-corrected chi connectivity index (χ2v) is 16.2. The predicted molar refractivity (Wildman–Crippen MR) is 244 cm³/mol. The van der Waals surface area contributed by atoms with Gasteiger partial charge >= 0.3 is 19.8 Å². The van der Waals surface area contributed by atoms with Crippen LogP contribution in [0.2, 0.25) is 0 Å². The highest BCUT2D eigenvalue weighted by Crippen LogP contribution is 2.43. The maximum absolute atomic E-state index is 12.6. The van der Waals surface area contributed by atoms with E-state index in [-0.39, 0.29) is 13.0 Å². The highest BCUT2D eigenvalue weighted by atomic mass is 31.2. The molecule has 0 aliphatic rings. The summed E-state index contributed by atoms with van der Waals surface area (Å²) < 4.78 is 33.3. The van der Waals surface area contributed by atoms with Gasteiger partial charge in [0.2, 0.25) is 0 Å². The fraction of sp³-hybridized carbons (Fsp3) is 0.667. The predicted octanol–water partition coefficient (Wildman–Crippen LogP) is 12.8. The third-order valence-corrected chi connectivity index (χ3v) is 10.1. The van der Waals surface area contributed by atoms with Crippen LogP contribution in [0.25, 0.3) is 0 Å². The molecule has 0 aromatic rings. The number of carbonyl (C=O) groups excluding carboxylic acids is 1. The van der Waals surface area contributed by atoms with Crippen LogP contribution < -0.4 is 5.73 Å². The van der Waals surface area contributed by atoms with Gasteiger partial charge in [-0.25, -0.2) is 4.57 Å². The molecule has 0 aromatic carbocycles. The summed E-state index contributed by atoms with van der Waals surface area (Å²) in [5, 5.41) is 8.90. The Balaban J connectivity index is 4.26. The number of ether oxygens (including phenoxy) is 2. The lowest BCUT2D eigenvalue weighted by atomic mass is 10.1. The van der Waals surface area contributed by atoms with Crippen molar-refractivity contribution in [2.24, 2.45) is 5.73 Å². The molecular formula is C48H82NO9P. The molecule has 0 rings (SSSR count). The zero-order chi connectivity index (χ0) is 43.3. The SMILES string of the molecule is CC/C=C\C/C=C\C/C=C\C/C=C\C/C=C\C/C=C\CCCCCCCOCC(COP(=O)(O)OCC(N)C(=O)O)OC(=O)CCCCCCC/C=C\CCCCCC. The molecule has 0 amide bonds. The minimum absolute atomic E-state index is 0.00478. The van der Waals surface area contributed by atoms with Crippen LogP contribution >= 0.6 is 7.82 Å². The average molecular weight is 848 g/mol. The molecule has 0 aromatic heterocycles. The van der Waals surface area contributed by atoms with Crippen LogP contribution in [-0.2, 0) is 32.7 Å². The van der Waals surface area contributed by atoms with E-state index in [1.807, 2.05) is 0 Å². The molecule has 3 atom stereocenters. The van der Waals surface area contributed by atoms with Gasteiger partial charge in [-0.3, -0.25) is 18.6 Å². The Labute approximate surface area is 358 Å². The van der Waals surface area contributed by atoms with Gasteiger partial charge in [-0.05, 0) is 89.9 Å². The fourth-order valence-corrected chi connectivity index (χ4v) is 6.44. The Morgan fingerprint density at radius 2 is 0.983 bits per heavy atom. The first-order valence-corrected chi connectivity index (χ1v) is 24.1. The number of aliphatic carboxylic acids is 1. The number of hydrogen-bond acceptors (Lipinski definition) is 8. The number of rotatable bonds is 42. The third-order valence-electron chi connectivity index (χ3n) is 9.16. The summed E-state index contributed by atoms with van der Waals surface area (Å²) in [7, 11) is -4.63. The van der Waals surface area contributed by atoms with Gasteiger partial charge in [-0.2, -0.15) is 0 Å². The molecule has 0 aliphatic heterocycles. The zero-order valence-electron chi connectivity index (χ0n) is 36.8. The molecule has 0 bridgehead atoms. The van der Waals surface area contributed by atoms with E-state index in [0.717, 1.165) is 116 Å². The van der Waals surface area contributed by atoms with Gasteiger partial charge < -0.3 is 25.2 Å². The van der Waals surface area contributed by atoms with E-state index in [2.05, 4.69) is 98.9 Å². The van der Waals surface area contributed by atoms with Crippen molar-refractivity contribution in [3.05, 3.63) is 85.1 Å². The summed E-state index contributed by atoms with van der Waals surface area (Å²) in [6.45, 7) is 3.67. The van der Waals surface area contributed by atoms with E-state index in [1.165, 1.54) is 25.7 Å². The van der Waals surface area contributed by atoms with Crippen molar-refractivity contribution in [3.8, 4) is 0 Å². The highest BCUT2D eigenvalue weighted by Gasteiger charge is 2.27. The van der Waals surface area contributed by atoms with Crippen LogP contribution in [0.1, 0.15) is 168 Å². The summed E-state index contributed by atoms with van der Waals surface area (Å²) in [6.07, 6.45) is 54.9. The van der Waals surface area contributed by atoms with Gasteiger partial charge in [-0.1, -0.05) is 157 Å². The minimum Gasteiger partial charge on any atom is -0.480 e. The van der Waals surface area contributed by atoms with E-state index >= 15 is 0 Å². The number of allylic oxidation sites excluding steroid dienone is 14. The minimum atomic E-state index is -4.63. The molecule has 338 valence electrons. The van der Waals surface area contributed by atoms with Gasteiger partial charge in [0.25, 0.3) is 0 Å². The summed E-state index contributed by atoms with van der Waals surface area (Å²) in [4.78, 5) is 33.5. The van der Waals surface area contributed by atoms with Crippen LogP contribution in [-0.4, -0.2) is 60.5 Å². The van der Waals surface area contributed by atoms with E-state index in [4.69, 9.17) is 29.4 Å². The van der Waals surface area contributed by atoms with Crippen molar-refractivity contribution in [1.29, 1.82) is 0 Å². The van der Waals surface area contributed by atoms with Crippen LogP contribution in [0, 0.1) is 0 Å². The number of nitrogens with two attached hydrogens (primary N) is 1. The number of esters is 1. The number of carbonyl (C=O) groups is 2. The van der Waals surface area contributed by atoms with Gasteiger partial charge in [0.1, 0.15) is 12.1 Å². The maximum atomic E-state index is 12.6. The Kier molecular flexibility index (Phi) is 41.2. The first kappa shape index (κ1) is 56.1. The van der Waals surface area contributed by atoms with Crippen molar-refractivity contribution in [1.82, 2.24) is 0 Å². The second-order valence-electron chi connectivity index (χ2n) is 14.8. The molecule has 10 nitrogen and oxygen atoms in total. The summed E-state index contributed by atoms with van der Waals surface area (Å²) in [5.74, 6) is -1.80. The van der Waals surface area contributed by atoms with E-state index in [9.17, 15) is 19.0 Å². The third kappa shape index (κ3) is 43.1. The van der Waals surface area contributed by atoms with Crippen molar-refractivity contribution < 1.29 is 42.7 Å². The number of carboxylic acids is 1. The molecule has 0 radical (unpaired) electrons. The fourth-order valence-electron chi connectivity index (χ4n) is 5.66. The molecule has 0 saturated carbocycles. The highest BCUT2D eigenvalue weighted by molar-refractivity contribution is 7.47. The van der Waals surface area contributed by atoms with Crippen LogP contribution in [0.5, 0.6) is 0 Å². The lowest BCUT2D eigenvalue weighted by Gasteiger charge is -2.20. The molecule has 0 heterocycles. The van der Waals surface area contributed by atoms with Gasteiger partial charge in [0.15, 0.2) is 0 Å². The number of unbranched alkanes of at least 4 members (excludes halogenated alkanes) is 14. The summed E-state index contributed by atoms with van der Waals surface area (Å²) in [6, 6.07) is -1.48. The molecule has 59 heavy (non-hydrogen) atoms. The van der Waals surface area contributed by atoms with Crippen LogP contribution in [0.4, 0.5) is 0 Å². The Morgan fingerprint density at radius 1 is 0.559 bits per heavy atom. The average Bonchev–Trinajstić information content (AvgIpc) is 3.21. The molecule has 0 saturated heterocycles. The Bertz CT molecular complexity index is 1260. The number of phosphoric acid groups is 1. The van der Waals surface area contributed by atoms with Crippen molar-refractivity contribution in [2.45, 2.75) is 180 Å². The number of hydrogen-bond donors (Lipinski definition) is 3. The van der Waals surface area contributed by atoms with Crippen molar-refractivity contribution >= 4 is 19.8 Å². The quantitative estimate of drug-likeness (QED) is 0.0234. The second kappa shape index (κ2) is 43.2. The molecule has 11 heteroatoms. The first-order chi connectivity index (χ1) is 28.7. The standard InChI is InChI=1S/C48H82NO9P/c1-3-5-7-9-11-13-15-17-18-19-20-21-22-23-24-25-26-27-29-31-33-35-37-39-41-55-42-45(43-56-59(53,54)57-44-46(49)48(51)52)58-47(50)40-38-36-34-32-30-28-16-14-12-10-8-6-4-2/h5,7,11,13-14,16-18,20-21,23-24,26-27,45-46H,3-4,6,8-10,12,15,19,22,25,28-44,49H2,1-2H3,(H,51,52)(H,53,54)/b7-5-,13-11-,16-14-,18-17-,21-20-,24-23-,27-26-. The largest absolute Gasteiger partial charge is 0.480 e. The van der Waals surface area contributed by atoms with Crippen molar-refractivity contribution in [2.75, 3.05) is 26.4 Å². The maximum Gasteiger partial charge on any atom is 0.472 e.